The Morgan fingerprint density at radius 3 is 2.29 bits per heavy atom. The highest BCUT2D eigenvalue weighted by Crippen LogP contribution is 2.31. The highest BCUT2D eigenvalue weighted by atomic mass is 19.4. The van der Waals surface area contributed by atoms with Gasteiger partial charge in [-0.3, -0.25) is 9.59 Å². The number of fused-ring (bicyclic) bond motifs is 1. The van der Waals surface area contributed by atoms with Gasteiger partial charge >= 0.3 is 12.1 Å². The van der Waals surface area contributed by atoms with Gasteiger partial charge in [0, 0.05) is 67.8 Å². The Morgan fingerprint density at radius 2 is 1.67 bits per heavy atom. The molecule has 1 aliphatic heterocycles. The molecular weight excluding hydrogens is 683 g/mol. The second-order valence-electron chi connectivity index (χ2n) is 12.6. The largest absolute Gasteiger partial charge is 0.490 e. The molecule has 0 spiro atoms. The zero-order chi connectivity index (χ0) is 38.1. The summed E-state index contributed by atoms with van der Waals surface area (Å²) in [7, 11) is 2.02. The molecule has 4 rings (SSSR count). The number of halogens is 3. The number of carboxylic acid groups (broad SMARTS) is 1. The summed E-state index contributed by atoms with van der Waals surface area (Å²) < 4.78 is 39.2. The van der Waals surface area contributed by atoms with Crippen LogP contribution in [0, 0.1) is 0 Å². The lowest BCUT2D eigenvalue weighted by Gasteiger charge is -2.26. The molecule has 0 saturated carbocycles. The summed E-state index contributed by atoms with van der Waals surface area (Å²) in [6.07, 6.45) is 5.05. The molecule has 3 aromatic rings. The van der Waals surface area contributed by atoms with Crippen molar-refractivity contribution in [3.8, 4) is 0 Å². The molecule has 16 heteroatoms. The Balaban J connectivity index is 0.000000944. The maximum Gasteiger partial charge on any atom is 0.490 e. The molecule has 0 atom stereocenters. The van der Waals surface area contributed by atoms with Crippen LogP contribution in [0.15, 0.2) is 30.5 Å². The van der Waals surface area contributed by atoms with Gasteiger partial charge < -0.3 is 35.8 Å². The first-order chi connectivity index (χ1) is 24.9. The van der Waals surface area contributed by atoms with Crippen molar-refractivity contribution in [3.05, 3.63) is 47.3 Å². The van der Waals surface area contributed by atoms with Crippen LogP contribution in [0.5, 0.6) is 0 Å². The highest BCUT2D eigenvalue weighted by molar-refractivity contribution is 5.96. The van der Waals surface area contributed by atoms with Gasteiger partial charge in [0.05, 0.1) is 23.9 Å². The Morgan fingerprint density at radius 1 is 1.02 bits per heavy atom. The minimum Gasteiger partial charge on any atom is -0.475 e. The Hall–Kier alpha value is -4.28. The van der Waals surface area contributed by atoms with E-state index < -0.39 is 12.1 Å². The van der Waals surface area contributed by atoms with Gasteiger partial charge in [0.1, 0.15) is 0 Å². The summed E-state index contributed by atoms with van der Waals surface area (Å²) in [5.74, 6) is -2.95. The smallest absolute Gasteiger partial charge is 0.475 e. The topological polar surface area (TPSA) is 171 Å². The number of alkyl halides is 3. The first-order valence-electron chi connectivity index (χ1n) is 17.9. The zero-order valence-corrected chi connectivity index (χ0v) is 30.2. The average molecular weight is 736 g/mol. The van der Waals surface area contributed by atoms with Crippen LogP contribution in [0.3, 0.4) is 0 Å². The van der Waals surface area contributed by atoms with E-state index in [-0.39, 0.29) is 24.5 Å². The number of likely N-dealkylation sites (N-methyl/N-ethyl adjacent to an activating group) is 1. The number of benzene rings is 1. The van der Waals surface area contributed by atoms with Crippen LogP contribution in [0.25, 0.3) is 11.0 Å². The lowest BCUT2D eigenvalue weighted by atomic mass is 10.0. The molecular formula is C36H52F3N7O6. The Bertz CT molecular complexity index is 1580. The highest BCUT2D eigenvalue weighted by Gasteiger charge is 2.38. The number of rotatable bonds is 18. The first-order valence-corrected chi connectivity index (χ1v) is 17.9. The summed E-state index contributed by atoms with van der Waals surface area (Å²) >= 11 is 0. The van der Waals surface area contributed by atoms with E-state index >= 15 is 0 Å². The molecule has 13 nitrogen and oxygen atoms in total. The lowest BCUT2D eigenvalue weighted by Crippen LogP contribution is -2.30. The van der Waals surface area contributed by atoms with E-state index in [0.717, 1.165) is 106 Å². The standard InChI is InChI=1S/C34H51N7O4.C2HF3O2/c1-4-30-28(32(38-27-16-21-45-22-17-27)29-24-36-41(5-2)33(29)39-30)23-35-34(44)25-12-14-26(15-13-25)37-31(43)11-9-7-6-8-10-18-40(3)19-20-42;3-2(4,5)1(6)7/h12-15,24,27,42H,4-11,16-23H2,1-3H3,(H,35,44)(H,37,43)(H,38,39);(H,6,7). The van der Waals surface area contributed by atoms with Crippen LogP contribution in [-0.2, 0) is 33.8 Å². The molecule has 3 heterocycles. The predicted molar refractivity (Wildman–Crippen MR) is 192 cm³/mol. The third-order valence-electron chi connectivity index (χ3n) is 8.70. The molecule has 0 radical (unpaired) electrons. The second kappa shape index (κ2) is 21.3. The van der Waals surface area contributed by atoms with Gasteiger partial charge in [-0.1, -0.05) is 26.2 Å². The summed E-state index contributed by atoms with van der Waals surface area (Å²) in [5, 5.41) is 31.4. The van der Waals surface area contributed by atoms with Gasteiger partial charge in [-0.2, -0.15) is 18.3 Å². The number of carbonyl (C=O) groups is 3. The number of nitrogens with one attached hydrogen (secondary N) is 3. The molecule has 2 aromatic heterocycles. The molecule has 2 amide bonds. The van der Waals surface area contributed by atoms with Crippen molar-refractivity contribution in [1.82, 2.24) is 25.0 Å². The van der Waals surface area contributed by atoms with Gasteiger partial charge in [-0.05, 0) is 76.9 Å². The number of carboxylic acids is 1. The maximum absolute atomic E-state index is 13.2. The number of hydrogen-bond donors (Lipinski definition) is 5. The number of pyridine rings is 1. The summed E-state index contributed by atoms with van der Waals surface area (Å²) in [6, 6.07) is 7.32. The van der Waals surface area contributed by atoms with Gasteiger partial charge in [-0.15, -0.1) is 0 Å². The molecule has 0 aliphatic carbocycles. The summed E-state index contributed by atoms with van der Waals surface area (Å²) in [4.78, 5) is 41.6. The number of unbranched alkanes of at least 4 members (excludes halogenated alkanes) is 4. The minimum atomic E-state index is -5.08. The number of aromatic nitrogens is 3. The van der Waals surface area contributed by atoms with E-state index in [2.05, 4.69) is 39.8 Å². The van der Waals surface area contributed by atoms with Crippen LogP contribution in [0.1, 0.15) is 86.8 Å². The average Bonchev–Trinajstić information content (AvgIpc) is 3.54. The van der Waals surface area contributed by atoms with Crippen molar-refractivity contribution in [1.29, 1.82) is 0 Å². The quantitative estimate of drug-likeness (QED) is 0.107. The molecule has 0 bridgehead atoms. The van der Waals surface area contributed by atoms with E-state index in [4.69, 9.17) is 24.7 Å². The number of hydrogen-bond acceptors (Lipinski definition) is 9. The van der Waals surface area contributed by atoms with Crippen molar-refractivity contribution in [2.75, 3.05) is 50.6 Å². The number of anilines is 2. The van der Waals surface area contributed by atoms with Crippen LogP contribution in [0.4, 0.5) is 24.5 Å². The number of aliphatic hydroxyl groups is 1. The fourth-order valence-electron chi connectivity index (χ4n) is 5.78. The van der Waals surface area contributed by atoms with Gasteiger partial charge in [0.2, 0.25) is 5.91 Å². The first kappa shape index (κ1) is 42.1. The van der Waals surface area contributed by atoms with E-state index in [1.165, 1.54) is 0 Å². The monoisotopic (exact) mass is 735 g/mol. The van der Waals surface area contributed by atoms with E-state index in [9.17, 15) is 22.8 Å². The fraction of sp³-hybridized carbons (Fsp3) is 0.583. The second-order valence-corrected chi connectivity index (χ2v) is 12.6. The minimum absolute atomic E-state index is 0.0131. The van der Waals surface area contributed by atoms with Crippen LogP contribution in [0.2, 0.25) is 0 Å². The molecule has 1 fully saturated rings. The van der Waals surface area contributed by atoms with E-state index in [1.807, 2.05) is 17.9 Å². The summed E-state index contributed by atoms with van der Waals surface area (Å²) in [5.41, 5.74) is 4.99. The fourth-order valence-corrected chi connectivity index (χ4v) is 5.78. The van der Waals surface area contributed by atoms with Crippen molar-refractivity contribution in [2.24, 2.45) is 0 Å². The van der Waals surface area contributed by atoms with Gasteiger partial charge in [0.25, 0.3) is 5.91 Å². The molecule has 1 aromatic carbocycles. The predicted octanol–water partition coefficient (Wildman–Crippen LogP) is 5.37. The van der Waals surface area contributed by atoms with Crippen LogP contribution < -0.4 is 16.0 Å². The molecule has 1 aliphatic rings. The third kappa shape index (κ3) is 13.4. The normalized spacial score (nSPS) is 13.5. The number of aliphatic hydroxyl groups excluding tert-OH is 1. The number of amides is 2. The van der Waals surface area contributed by atoms with Crippen molar-refractivity contribution in [3.63, 3.8) is 0 Å². The molecule has 52 heavy (non-hydrogen) atoms. The molecule has 288 valence electrons. The zero-order valence-electron chi connectivity index (χ0n) is 30.2. The number of carbonyl (C=O) groups excluding carboxylic acids is 2. The Labute approximate surface area is 302 Å². The number of nitrogens with zero attached hydrogens (tertiary/aromatic N) is 4. The Kier molecular flexibility index (Phi) is 17.3. The van der Waals surface area contributed by atoms with Gasteiger partial charge in [-0.25, -0.2) is 14.5 Å². The molecule has 1 saturated heterocycles. The third-order valence-corrected chi connectivity index (χ3v) is 8.70. The lowest BCUT2D eigenvalue weighted by molar-refractivity contribution is -0.192. The van der Waals surface area contributed by atoms with E-state index in [1.54, 1.807) is 24.3 Å². The van der Waals surface area contributed by atoms with Crippen molar-refractivity contribution in [2.45, 2.75) is 96.9 Å². The SMILES string of the molecule is CCc1nc2c(cnn2CC)c(NC2CCOCC2)c1CNC(=O)c1ccc(NC(=O)CCCCCCCN(C)CCO)cc1.O=C(O)C(F)(F)F. The van der Waals surface area contributed by atoms with Crippen molar-refractivity contribution >= 4 is 40.2 Å². The number of aryl methyl sites for hydroxylation is 2. The van der Waals surface area contributed by atoms with Crippen molar-refractivity contribution < 1.29 is 42.5 Å². The number of ether oxygens (including phenoxy) is 1. The van der Waals surface area contributed by atoms with Gasteiger partial charge in [0.15, 0.2) is 5.65 Å². The molecule has 0 unspecified atom stereocenters. The van der Waals surface area contributed by atoms with Crippen LogP contribution >= 0.6 is 0 Å². The molecule has 5 N–H and O–H groups in total. The van der Waals surface area contributed by atoms with Crippen LogP contribution in [-0.4, -0.2) is 99.8 Å². The van der Waals surface area contributed by atoms with E-state index in [0.29, 0.717) is 30.8 Å². The summed E-state index contributed by atoms with van der Waals surface area (Å²) in [6.45, 7) is 8.56. The maximum atomic E-state index is 13.2. The number of aliphatic carboxylic acids is 1.